The van der Waals surface area contributed by atoms with E-state index in [1.165, 1.54) is 17.6 Å². The number of amides is 2. The minimum atomic E-state index is -0.256. The molecule has 196 valence electrons. The van der Waals surface area contributed by atoms with Crippen LogP contribution < -0.4 is 9.47 Å². The molecule has 0 saturated heterocycles. The Hall–Kier alpha value is -3.36. The number of carbonyl (C=O) groups is 2. The number of methoxy groups -OCH3 is 2. The summed E-state index contributed by atoms with van der Waals surface area (Å²) in [4.78, 5) is 32.4. The minimum absolute atomic E-state index is 0.0249. The van der Waals surface area contributed by atoms with Gasteiger partial charge in [-0.2, -0.15) is 0 Å². The second kappa shape index (κ2) is 12.7. The van der Waals surface area contributed by atoms with Crippen LogP contribution in [0.3, 0.4) is 0 Å². The smallest absolute Gasteiger partial charge is 0.258 e. The molecule has 1 aliphatic rings. The van der Waals surface area contributed by atoms with Gasteiger partial charge in [0.15, 0.2) is 0 Å². The molecular weight excluding hydrogens is 488 g/mol. The van der Waals surface area contributed by atoms with Crippen LogP contribution in [0, 0.1) is 0 Å². The summed E-state index contributed by atoms with van der Waals surface area (Å²) in [7, 11) is 3.09. The predicted molar refractivity (Wildman–Crippen MR) is 145 cm³/mol. The topological polar surface area (TPSA) is 68.3 Å². The summed E-state index contributed by atoms with van der Waals surface area (Å²) in [6.45, 7) is 4.04. The van der Waals surface area contributed by atoms with Crippen LogP contribution in [-0.4, -0.2) is 68.7 Å². The van der Waals surface area contributed by atoms with E-state index >= 15 is 0 Å². The zero-order chi connectivity index (χ0) is 26.2. The van der Waals surface area contributed by atoms with Crippen molar-refractivity contribution in [3.05, 3.63) is 81.5 Å². The van der Waals surface area contributed by atoms with Crippen molar-refractivity contribution >= 4 is 23.2 Å². The van der Waals surface area contributed by atoms with Gasteiger partial charge in [0.05, 0.1) is 25.8 Å². The van der Waals surface area contributed by atoms with Crippen molar-refractivity contribution < 1.29 is 23.8 Å². The van der Waals surface area contributed by atoms with Gasteiger partial charge in [-0.1, -0.05) is 30.3 Å². The Kier molecular flexibility index (Phi) is 9.19. The molecule has 0 spiro atoms. The zero-order valence-electron chi connectivity index (χ0n) is 21.6. The molecule has 7 nitrogen and oxygen atoms in total. The molecule has 37 heavy (non-hydrogen) atoms. The highest BCUT2D eigenvalue weighted by atomic mass is 32.1. The first-order valence-corrected chi connectivity index (χ1v) is 13.4. The Morgan fingerprint density at radius 2 is 1.89 bits per heavy atom. The third-order valence-corrected chi connectivity index (χ3v) is 7.57. The molecule has 1 atom stereocenters. The summed E-state index contributed by atoms with van der Waals surface area (Å²) < 4.78 is 16.3. The Bertz CT molecular complexity index is 1200. The highest BCUT2D eigenvalue weighted by molar-refractivity contribution is 7.10. The maximum atomic E-state index is 13.9. The standard InChI is InChI=1S/C29H34N2O5S/c1-4-36-17-8-15-30(29(33)23-12-11-22(34-2)19-25(23)35-3)20-27(32)31-16-13-26-24(14-18-37-26)28(31)21-9-6-5-7-10-21/h5-7,9-12,14,18-19,28H,4,8,13,15-17,20H2,1-3H3. The summed E-state index contributed by atoms with van der Waals surface area (Å²) >= 11 is 1.74. The summed E-state index contributed by atoms with van der Waals surface area (Å²) in [6, 6.07) is 17.1. The summed E-state index contributed by atoms with van der Waals surface area (Å²) in [5, 5.41) is 2.09. The van der Waals surface area contributed by atoms with Gasteiger partial charge < -0.3 is 24.0 Å². The van der Waals surface area contributed by atoms with E-state index in [1.54, 1.807) is 41.5 Å². The van der Waals surface area contributed by atoms with E-state index < -0.39 is 0 Å². The van der Waals surface area contributed by atoms with Gasteiger partial charge in [0.25, 0.3) is 5.91 Å². The van der Waals surface area contributed by atoms with Gasteiger partial charge in [0, 0.05) is 37.2 Å². The summed E-state index contributed by atoms with van der Waals surface area (Å²) in [6.07, 6.45) is 1.44. The summed E-state index contributed by atoms with van der Waals surface area (Å²) in [5.41, 5.74) is 2.63. The molecular formula is C29H34N2O5S. The number of nitrogens with zero attached hydrogens (tertiary/aromatic N) is 2. The van der Waals surface area contributed by atoms with Crippen LogP contribution in [-0.2, 0) is 16.0 Å². The second-order valence-corrected chi connectivity index (χ2v) is 9.79. The van der Waals surface area contributed by atoms with Gasteiger partial charge in [0.1, 0.15) is 18.0 Å². The van der Waals surface area contributed by atoms with E-state index in [0.717, 1.165) is 12.0 Å². The van der Waals surface area contributed by atoms with Gasteiger partial charge in [0.2, 0.25) is 5.91 Å². The van der Waals surface area contributed by atoms with Crippen LogP contribution in [0.15, 0.2) is 60.0 Å². The maximum absolute atomic E-state index is 13.9. The molecule has 1 aliphatic heterocycles. The monoisotopic (exact) mass is 522 g/mol. The number of rotatable bonds is 11. The van der Waals surface area contributed by atoms with Crippen molar-refractivity contribution in [2.45, 2.75) is 25.8 Å². The molecule has 3 aromatic rings. The van der Waals surface area contributed by atoms with Crippen molar-refractivity contribution in [3.8, 4) is 11.5 Å². The Morgan fingerprint density at radius 1 is 1.08 bits per heavy atom. The molecule has 1 unspecified atom stereocenters. The van der Waals surface area contributed by atoms with E-state index in [1.807, 2.05) is 30.0 Å². The van der Waals surface area contributed by atoms with Crippen LogP contribution in [0.25, 0.3) is 0 Å². The van der Waals surface area contributed by atoms with Gasteiger partial charge in [-0.25, -0.2) is 0 Å². The van der Waals surface area contributed by atoms with Crippen LogP contribution in [0.4, 0.5) is 0 Å². The molecule has 0 saturated carbocycles. The average molecular weight is 523 g/mol. The van der Waals surface area contributed by atoms with Crippen molar-refractivity contribution in [3.63, 3.8) is 0 Å². The SMILES string of the molecule is CCOCCCN(CC(=O)N1CCc2sccc2C1c1ccccc1)C(=O)c1ccc(OC)cc1OC. The molecule has 1 aromatic heterocycles. The first kappa shape index (κ1) is 26.7. The van der Waals surface area contributed by atoms with Gasteiger partial charge in [-0.05, 0) is 54.5 Å². The fourth-order valence-corrected chi connectivity index (χ4v) is 5.64. The Balaban J connectivity index is 1.60. The zero-order valence-corrected chi connectivity index (χ0v) is 22.5. The fourth-order valence-electron chi connectivity index (χ4n) is 4.73. The molecule has 0 fully saturated rings. The van der Waals surface area contributed by atoms with Gasteiger partial charge >= 0.3 is 0 Å². The normalized spacial score (nSPS) is 14.7. The number of ether oxygens (including phenoxy) is 3. The second-order valence-electron chi connectivity index (χ2n) is 8.79. The lowest BCUT2D eigenvalue weighted by Crippen LogP contribution is -2.47. The number of hydrogen-bond donors (Lipinski definition) is 0. The molecule has 2 amide bonds. The van der Waals surface area contributed by atoms with E-state index in [0.29, 0.717) is 49.8 Å². The van der Waals surface area contributed by atoms with Crippen LogP contribution >= 0.6 is 11.3 Å². The fraction of sp³-hybridized carbons (Fsp3) is 0.379. The maximum Gasteiger partial charge on any atom is 0.258 e. The van der Waals surface area contributed by atoms with E-state index in [9.17, 15) is 9.59 Å². The molecule has 0 radical (unpaired) electrons. The Morgan fingerprint density at radius 3 is 2.62 bits per heavy atom. The quantitative estimate of drug-likeness (QED) is 0.338. The first-order chi connectivity index (χ1) is 18.1. The molecule has 2 aromatic carbocycles. The molecule has 0 N–H and O–H groups in total. The van der Waals surface area contributed by atoms with E-state index in [4.69, 9.17) is 14.2 Å². The van der Waals surface area contributed by atoms with Crippen molar-refractivity contribution in [2.24, 2.45) is 0 Å². The van der Waals surface area contributed by atoms with Gasteiger partial charge in [-0.3, -0.25) is 9.59 Å². The molecule has 4 rings (SSSR count). The molecule has 2 heterocycles. The minimum Gasteiger partial charge on any atom is -0.497 e. The van der Waals surface area contributed by atoms with Crippen LogP contribution in [0.5, 0.6) is 11.5 Å². The number of benzene rings is 2. The third-order valence-electron chi connectivity index (χ3n) is 6.57. The highest BCUT2D eigenvalue weighted by Gasteiger charge is 2.34. The summed E-state index contributed by atoms with van der Waals surface area (Å²) in [5.74, 6) is 0.671. The van der Waals surface area contributed by atoms with Crippen LogP contribution in [0.2, 0.25) is 0 Å². The van der Waals surface area contributed by atoms with Crippen LogP contribution in [0.1, 0.15) is 45.7 Å². The molecule has 0 bridgehead atoms. The number of fused-ring (bicyclic) bond motifs is 1. The number of thiophene rings is 1. The highest BCUT2D eigenvalue weighted by Crippen LogP contribution is 2.38. The first-order valence-electron chi connectivity index (χ1n) is 12.6. The van der Waals surface area contributed by atoms with Crippen molar-refractivity contribution in [1.29, 1.82) is 0 Å². The number of hydrogen-bond acceptors (Lipinski definition) is 6. The van der Waals surface area contributed by atoms with E-state index in [-0.39, 0.29) is 24.4 Å². The predicted octanol–water partition coefficient (Wildman–Crippen LogP) is 4.81. The van der Waals surface area contributed by atoms with E-state index in [2.05, 4.69) is 23.6 Å². The molecule has 0 aliphatic carbocycles. The lowest BCUT2D eigenvalue weighted by Gasteiger charge is -2.37. The largest absolute Gasteiger partial charge is 0.497 e. The van der Waals surface area contributed by atoms with Gasteiger partial charge in [-0.15, -0.1) is 11.3 Å². The lowest BCUT2D eigenvalue weighted by molar-refractivity contribution is -0.134. The third kappa shape index (κ3) is 6.14. The van der Waals surface area contributed by atoms with Crippen molar-refractivity contribution in [2.75, 3.05) is 47.1 Å². The van der Waals surface area contributed by atoms with Crippen molar-refractivity contribution in [1.82, 2.24) is 9.80 Å². The Labute approximate surface area is 222 Å². The molecule has 8 heteroatoms. The number of carbonyl (C=O) groups excluding carboxylic acids is 2. The lowest BCUT2D eigenvalue weighted by atomic mass is 9.93. The average Bonchev–Trinajstić information content (AvgIpc) is 3.42.